The molecule has 156 valence electrons. The average Bonchev–Trinajstić information content (AvgIpc) is 3.35. The van der Waals surface area contributed by atoms with E-state index in [1.54, 1.807) is 4.90 Å². The highest BCUT2D eigenvalue weighted by Crippen LogP contribution is 2.45. The number of carbonyl (C=O) groups excluding carboxylic acids is 1. The summed E-state index contributed by atoms with van der Waals surface area (Å²) in [6, 6.07) is 30.5. The minimum atomic E-state index is -0.261. The Labute approximate surface area is 185 Å². The Hall–Kier alpha value is -3.89. The van der Waals surface area contributed by atoms with Crippen molar-refractivity contribution < 1.29 is 9.90 Å². The van der Waals surface area contributed by atoms with Crippen LogP contribution in [0.3, 0.4) is 0 Å². The van der Waals surface area contributed by atoms with Crippen molar-refractivity contribution in [1.29, 1.82) is 0 Å². The van der Waals surface area contributed by atoms with Gasteiger partial charge in [-0.1, -0.05) is 72.8 Å². The molecule has 0 bridgehead atoms. The minimum absolute atomic E-state index is 0.0330. The lowest BCUT2D eigenvalue weighted by molar-refractivity contribution is 0.0713. The highest BCUT2D eigenvalue weighted by atomic mass is 16.3. The molecule has 2 heterocycles. The Morgan fingerprint density at radius 2 is 1.59 bits per heavy atom. The van der Waals surface area contributed by atoms with Gasteiger partial charge in [0.2, 0.25) is 0 Å². The maximum atomic E-state index is 13.3. The van der Waals surface area contributed by atoms with Crippen LogP contribution < -0.4 is 0 Å². The fourth-order valence-corrected chi connectivity index (χ4v) is 5.04. The number of benzene rings is 4. The van der Waals surface area contributed by atoms with Crippen molar-refractivity contribution >= 4 is 27.6 Å². The van der Waals surface area contributed by atoms with Crippen molar-refractivity contribution in [3.8, 4) is 11.3 Å². The summed E-state index contributed by atoms with van der Waals surface area (Å²) >= 11 is 0. The lowest BCUT2D eigenvalue weighted by Crippen LogP contribution is -2.31. The topological polar surface area (TPSA) is 56.3 Å². The largest absolute Gasteiger partial charge is 0.395 e. The normalized spacial score (nSPS) is 15.6. The molecule has 32 heavy (non-hydrogen) atoms. The van der Waals surface area contributed by atoms with Crippen LogP contribution in [0.4, 0.5) is 0 Å². The number of rotatable bonds is 4. The minimum Gasteiger partial charge on any atom is -0.395 e. The van der Waals surface area contributed by atoms with Gasteiger partial charge in [-0.25, -0.2) is 0 Å². The monoisotopic (exact) mass is 418 g/mol. The van der Waals surface area contributed by atoms with Gasteiger partial charge in [-0.3, -0.25) is 4.79 Å². The SMILES string of the molecule is O=C1c2ccccc2C(c2c(-c3ccc4ccccc4c3)[nH]c3ccccc23)N1CCO. The first-order valence-electron chi connectivity index (χ1n) is 10.9. The van der Waals surface area contributed by atoms with Crippen LogP contribution in [0, 0.1) is 0 Å². The molecule has 0 fully saturated rings. The fraction of sp³-hybridized carbons (Fsp3) is 0.107. The Morgan fingerprint density at radius 1 is 0.844 bits per heavy atom. The second-order valence-corrected chi connectivity index (χ2v) is 8.23. The Morgan fingerprint density at radius 3 is 2.47 bits per heavy atom. The van der Waals surface area contributed by atoms with E-state index < -0.39 is 0 Å². The van der Waals surface area contributed by atoms with Crippen LogP contribution >= 0.6 is 0 Å². The van der Waals surface area contributed by atoms with E-state index in [9.17, 15) is 9.90 Å². The van der Waals surface area contributed by atoms with E-state index in [0.717, 1.165) is 33.3 Å². The number of aromatic amines is 1. The molecule has 4 aromatic carbocycles. The number of para-hydroxylation sites is 1. The zero-order chi connectivity index (χ0) is 21.7. The molecule has 0 saturated carbocycles. The molecule has 0 aliphatic carbocycles. The van der Waals surface area contributed by atoms with Crippen LogP contribution in [0.1, 0.15) is 27.5 Å². The molecule has 1 amide bonds. The van der Waals surface area contributed by atoms with E-state index >= 15 is 0 Å². The van der Waals surface area contributed by atoms with Crippen LogP contribution in [-0.2, 0) is 0 Å². The summed E-state index contributed by atoms with van der Waals surface area (Å²) in [5.74, 6) is -0.0330. The van der Waals surface area contributed by atoms with E-state index in [0.29, 0.717) is 5.56 Å². The van der Waals surface area contributed by atoms with Crippen molar-refractivity contribution in [1.82, 2.24) is 9.88 Å². The van der Waals surface area contributed by atoms with Crippen molar-refractivity contribution in [3.05, 3.63) is 108 Å². The Bertz CT molecular complexity index is 1480. The summed E-state index contributed by atoms with van der Waals surface area (Å²) in [6.45, 7) is 0.207. The maximum Gasteiger partial charge on any atom is 0.255 e. The molecule has 1 aliphatic rings. The molecule has 1 aromatic heterocycles. The van der Waals surface area contributed by atoms with Crippen LogP contribution in [0.5, 0.6) is 0 Å². The van der Waals surface area contributed by atoms with Crippen LogP contribution in [0.15, 0.2) is 91.0 Å². The predicted molar refractivity (Wildman–Crippen MR) is 128 cm³/mol. The van der Waals surface area contributed by atoms with Gasteiger partial charge in [0.1, 0.15) is 0 Å². The third-order valence-corrected chi connectivity index (χ3v) is 6.46. The average molecular weight is 418 g/mol. The van der Waals surface area contributed by atoms with Crippen LogP contribution in [0.25, 0.3) is 32.9 Å². The zero-order valence-corrected chi connectivity index (χ0v) is 17.5. The highest BCUT2D eigenvalue weighted by Gasteiger charge is 2.39. The molecule has 5 aromatic rings. The molecular weight excluding hydrogens is 396 g/mol. The third-order valence-electron chi connectivity index (χ3n) is 6.46. The lowest BCUT2D eigenvalue weighted by atomic mass is 9.92. The highest BCUT2D eigenvalue weighted by molar-refractivity contribution is 6.02. The van der Waals surface area contributed by atoms with E-state index in [4.69, 9.17) is 0 Å². The molecule has 0 saturated heterocycles. The predicted octanol–water partition coefficient (Wildman–Crippen LogP) is 5.53. The van der Waals surface area contributed by atoms with Gasteiger partial charge in [0.15, 0.2) is 0 Å². The van der Waals surface area contributed by atoms with Crippen molar-refractivity contribution in [3.63, 3.8) is 0 Å². The number of H-pyrrole nitrogens is 1. The number of fused-ring (bicyclic) bond motifs is 3. The fourth-order valence-electron chi connectivity index (χ4n) is 5.04. The molecule has 2 N–H and O–H groups in total. The van der Waals surface area contributed by atoms with Gasteiger partial charge < -0.3 is 15.0 Å². The van der Waals surface area contributed by atoms with Crippen molar-refractivity contribution in [2.45, 2.75) is 6.04 Å². The molecule has 6 rings (SSSR count). The van der Waals surface area contributed by atoms with Gasteiger partial charge in [0.25, 0.3) is 5.91 Å². The smallest absolute Gasteiger partial charge is 0.255 e. The van der Waals surface area contributed by atoms with Gasteiger partial charge in [0, 0.05) is 28.6 Å². The maximum absolute atomic E-state index is 13.3. The molecule has 1 unspecified atom stereocenters. The molecule has 1 atom stereocenters. The zero-order valence-electron chi connectivity index (χ0n) is 17.5. The number of aliphatic hydroxyl groups is 1. The van der Waals surface area contributed by atoms with E-state index in [-0.39, 0.29) is 25.1 Å². The lowest BCUT2D eigenvalue weighted by Gasteiger charge is -2.26. The van der Waals surface area contributed by atoms with Gasteiger partial charge in [-0.05, 0) is 40.1 Å². The number of aromatic nitrogens is 1. The van der Waals surface area contributed by atoms with Crippen molar-refractivity contribution in [2.75, 3.05) is 13.2 Å². The third kappa shape index (κ3) is 2.77. The van der Waals surface area contributed by atoms with Gasteiger partial charge in [-0.2, -0.15) is 0 Å². The number of nitrogens with one attached hydrogen (secondary N) is 1. The summed E-state index contributed by atoms with van der Waals surface area (Å²) < 4.78 is 0. The summed E-state index contributed by atoms with van der Waals surface area (Å²) in [6.07, 6.45) is 0. The molecule has 4 heteroatoms. The summed E-state index contributed by atoms with van der Waals surface area (Å²) in [5, 5.41) is 13.2. The molecule has 0 spiro atoms. The number of hydrogen-bond acceptors (Lipinski definition) is 2. The summed E-state index contributed by atoms with van der Waals surface area (Å²) in [4.78, 5) is 18.7. The summed E-state index contributed by atoms with van der Waals surface area (Å²) in [5.41, 5.74) is 5.89. The first kappa shape index (κ1) is 18.8. The second kappa shape index (κ2) is 7.36. The molecule has 0 radical (unpaired) electrons. The Balaban J connectivity index is 1.64. The number of β-amino-alcohol motifs (C(OH)–C–C–N with tert-alkyl or cyclic N) is 1. The first-order chi connectivity index (χ1) is 15.8. The number of hydrogen-bond donors (Lipinski definition) is 2. The number of carbonyl (C=O) groups is 1. The second-order valence-electron chi connectivity index (χ2n) is 8.23. The summed E-state index contributed by atoms with van der Waals surface area (Å²) in [7, 11) is 0. The Kier molecular flexibility index (Phi) is 4.33. The first-order valence-corrected chi connectivity index (χ1v) is 10.9. The molecule has 4 nitrogen and oxygen atoms in total. The quantitative estimate of drug-likeness (QED) is 0.403. The van der Waals surface area contributed by atoms with Gasteiger partial charge >= 0.3 is 0 Å². The number of nitrogens with zero attached hydrogens (tertiary/aromatic N) is 1. The van der Waals surface area contributed by atoms with Crippen LogP contribution in [-0.4, -0.2) is 34.0 Å². The number of aliphatic hydroxyl groups excluding tert-OH is 1. The van der Waals surface area contributed by atoms with Gasteiger partial charge in [-0.15, -0.1) is 0 Å². The van der Waals surface area contributed by atoms with Crippen molar-refractivity contribution in [2.24, 2.45) is 0 Å². The van der Waals surface area contributed by atoms with Gasteiger partial charge in [0.05, 0.1) is 18.3 Å². The molecule has 1 aliphatic heterocycles. The van der Waals surface area contributed by atoms with E-state index in [2.05, 4.69) is 47.4 Å². The van der Waals surface area contributed by atoms with E-state index in [1.165, 1.54) is 10.8 Å². The number of amides is 1. The van der Waals surface area contributed by atoms with Crippen LogP contribution in [0.2, 0.25) is 0 Å². The standard InChI is InChI=1S/C28H22N2O2/c31-16-15-30-27(21-9-3-4-10-22(21)28(30)32)25-23-11-5-6-12-24(23)29-26(25)20-14-13-18-7-1-2-8-19(18)17-20/h1-14,17,27,29,31H,15-16H2. The van der Waals surface area contributed by atoms with E-state index in [1.807, 2.05) is 48.5 Å². The molecular formula is C28H22N2O2.